The molecule has 17 heavy (non-hydrogen) atoms. The number of aromatic carboxylic acids is 1. The van der Waals surface area contributed by atoms with E-state index in [1.807, 2.05) is 0 Å². The van der Waals surface area contributed by atoms with Crippen molar-refractivity contribution in [3.05, 3.63) is 53.8 Å². The highest BCUT2D eigenvalue weighted by molar-refractivity contribution is 5.99. The van der Waals surface area contributed by atoms with E-state index < -0.39 is 5.97 Å². The lowest BCUT2D eigenvalue weighted by Crippen LogP contribution is -2.02. The lowest BCUT2D eigenvalue weighted by atomic mass is 9.98. The minimum absolute atomic E-state index is 0.108. The molecule has 0 spiro atoms. The van der Waals surface area contributed by atoms with Gasteiger partial charge in [0, 0.05) is 11.3 Å². The fourth-order valence-corrected chi connectivity index (χ4v) is 1.69. The molecule has 0 unspecified atom stereocenters. The van der Waals surface area contributed by atoms with Crippen molar-refractivity contribution in [2.24, 2.45) is 0 Å². The number of hydrogen-bond acceptors (Lipinski definition) is 2. The van der Waals surface area contributed by atoms with Crippen molar-refractivity contribution in [2.75, 3.05) is 5.73 Å². The van der Waals surface area contributed by atoms with Gasteiger partial charge in [-0.15, -0.1) is 0 Å². The second kappa shape index (κ2) is 4.25. The summed E-state index contributed by atoms with van der Waals surface area (Å²) in [5, 5.41) is 9.08. The summed E-state index contributed by atoms with van der Waals surface area (Å²) in [6.45, 7) is 0. The van der Waals surface area contributed by atoms with Gasteiger partial charge in [0.25, 0.3) is 0 Å². The van der Waals surface area contributed by atoms with E-state index in [9.17, 15) is 9.18 Å². The van der Waals surface area contributed by atoms with Crippen LogP contribution in [0.5, 0.6) is 0 Å². The Bertz CT molecular complexity index is 564. The zero-order valence-corrected chi connectivity index (χ0v) is 8.85. The van der Waals surface area contributed by atoms with Crippen LogP contribution in [0.15, 0.2) is 42.5 Å². The molecule has 0 saturated heterocycles. The van der Waals surface area contributed by atoms with Gasteiger partial charge in [-0.25, -0.2) is 9.18 Å². The van der Waals surface area contributed by atoms with Crippen LogP contribution in [0.2, 0.25) is 0 Å². The van der Waals surface area contributed by atoms with Crippen molar-refractivity contribution in [3.63, 3.8) is 0 Å². The van der Waals surface area contributed by atoms with E-state index in [1.165, 1.54) is 30.3 Å². The number of rotatable bonds is 2. The van der Waals surface area contributed by atoms with Crippen LogP contribution in [0.3, 0.4) is 0 Å². The van der Waals surface area contributed by atoms with Crippen LogP contribution in [-0.4, -0.2) is 11.1 Å². The normalized spacial score (nSPS) is 10.2. The molecule has 2 rings (SSSR count). The minimum atomic E-state index is -1.06. The number of carbonyl (C=O) groups is 1. The van der Waals surface area contributed by atoms with Crippen LogP contribution in [0.1, 0.15) is 10.4 Å². The molecule has 2 aromatic rings. The van der Waals surface area contributed by atoms with Gasteiger partial charge < -0.3 is 10.8 Å². The molecule has 0 heterocycles. The maximum atomic E-state index is 12.8. The quantitative estimate of drug-likeness (QED) is 0.781. The summed E-state index contributed by atoms with van der Waals surface area (Å²) >= 11 is 0. The molecule has 0 amide bonds. The van der Waals surface area contributed by atoms with Gasteiger partial charge in [-0.1, -0.05) is 18.2 Å². The van der Waals surface area contributed by atoms with Crippen LogP contribution in [-0.2, 0) is 0 Å². The lowest BCUT2D eigenvalue weighted by Gasteiger charge is -2.09. The molecule has 3 N–H and O–H groups in total. The Labute approximate surface area is 97.3 Å². The van der Waals surface area contributed by atoms with Crippen LogP contribution >= 0.6 is 0 Å². The van der Waals surface area contributed by atoms with Gasteiger partial charge in [-0.05, 0) is 29.8 Å². The molecule has 0 aliphatic carbocycles. The summed E-state index contributed by atoms with van der Waals surface area (Å²) in [5.74, 6) is -1.43. The number of carboxylic acid groups (broad SMARTS) is 1. The molecule has 0 saturated carbocycles. The Morgan fingerprint density at radius 1 is 1.12 bits per heavy atom. The van der Waals surface area contributed by atoms with Crippen molar-refractivity contribution >= 4 is 11.7 Å². The Balaban J connectivity index is 2.65. The van der Waals surface area contributed by atoms with E-state index >= 15 is 0 Å². The molecule has 2 aromatic carbocycles. The highest BCUT2D eigenvalue weighted by atomic mass is 19.1. The second-order valence-corrected chi connectivity index (χ2v) is 3.58. The third kappa shape index (κ3) is 2.10. The first kappa shape index (κ1) is 11.1. The Morgan fingerprint density at radius 3 is 2.35 bits per heavy atom. The van der Waals surface area contributed by atoms with Crippen molar-refractivity contribution in [1.82, 2.24) is 0 Å². The van der Waals surface area contributed by atoms with Gasteiger partial charge in [0.2, 0.25) is 0 Å². The predicted molar refractivity (Wildman–Crippen MR) is 63.2 cm³/mol. The van der Waals surface area contributed by atoms with Crippen LogP contribution in [0.4, 0.5) is 10.1 Å². The number of hydrogen-bond donors (Lipinski definition) is 2. The highest BCUT2D eigenvalue weighted by Gasteiger charge is 2.14. The minimum Gasteiger partial charge on any atom is -0.478 e. The largest absolute Gasteiger partial charge is 0.478 e. The van der Waals surface area contributed by atoms with Gasteiger partial charge >= 0.3 is 5.97 Å². The van der Waals surface area contributed by atoms with Crippen LogP contribution < -0.4 is 5.73 Å². The number of nitrogens with two attached hydrogens (primary N) is 1. The Morgan fingerprint density at radius 2 is 1.76 bits per heavy atom. The summed E-state index contributed by atoms with van der Waals surface area (Å²) in [6, 6.07) is 10.2. The Hall–Kier alpha value is -2.36. The van der Waals surface area contributed by atoms with Crippen molar-refractivity contribution in [2.45, 2.75) is 0 Å². The average molecular weight is 231 g/mol. The fraction of sp³-hybridized carbons (Fsp3) is 0. The van der Waals surface area contributed by atoms with Gasteiger partial charge in [0.1, 0.15) is 5.82 Å². The SMILES string of the molecule is Nc1cccc(C(=O)O)c1-c1ccc(F)cc1. The maximum Gasteiger partial charge on any atom is 0.336 e. The van der Waals surface area contributed by atoms with E-state index in [0.29, 0.717) is 16.8 Å². The molecule has 86 valence electrons. The first-order valence-corrected chi connectivity index (χ1v) is 4.97. The summed E-state index contributed by atoms with van der Waals surface area (Å²) in [4.78, 5) is 11.1. The van der Waals surface area contributed by atoms with Gasteiger partial charge in [0.05, 0.1) is 5.56 Å². The van der Waals surface area contributed by atoms with E-state index in [1.54, 1.807) is 12.1 Å². The molecule has 0 aromatic heterocycles. The molecule has 0 aliphatic heterocycles. The summed E-state index contributed by atoms with van der Waals surface area (Å²) in [6.07, 6.45) is 0. The monoisotopic (exact) mass is 231 g/mol. The molecule has 0 aliphatic rings. The van der Waals surface area contributed by atoms with Crippen LogP contribution in [0, 0.1) is 5.82 Å². The van der Waals surface area contributed by atoms with Gasteiger partial charge in [-0.2, -0.15) is 0 Å². The summed E-state index contributed by atoms with van der Waals surface area (Å²) in [7, 11) is 0. The second-order valence-electron chi connectivity index (χ2n) is 3.58. The van der Waals surface area contributed by atoms with E-state index in [-0.39, 0.29) is 11.4 Å². The third-order valence-corrected chi connectivity index (χ3v) is 2.46. The zero-order chi connectivity index (χ0) is 12.4. The molecule has 0 bridgehead atoms. The number of anilines is 1. The third-order valence-electron chi connectivity index (χ3n) is 2.46. The lowest BCUT2D eigenvalue weighted by molar-refractivity contribution is 0.0698. The van der Waals surface area contributed by atoms with Gasteiger partial charge in [0.15, 0.2) is 0 Å². The van der Waals surface area contributed by atoms with Crippen molar-refractivity contribution < 1.29 is 14.3 Å². The molecular weight excluding hydrogens is 221 g/mol. The maximum absolute atomic E-state index is 12.8. The number of halogens is 1. The first-order chi connectivity index (χ1) is 8.09. The summed E-state index contributed by atoms with van der Waals surface area (Å²) in [5.41, 5.74) is 7.24. The smallest absolute Gasteiger partial charge is 0.336 e. The van der Waals surface area contributed by atoms with Gasteiger partial charge in [-0.3, -0.25) is 0 Å². The molecule has 0 radical (unpaired) electrons. The van der Waals surface area contributed by atoms with E-state index in [2.05, 4.69) is 0 Å². The Kier molecular flexibility index (Phi) is 2.78. The highest BCUT2D eigenvalue weighted by Crippen LogP contribution is 2.29. The molecule has 0 atom stereocenters. The standard InChI is InChI=1S/C13H10FNO2/c14-9-6-4-8(5-7-9)12-10(13(16)17)2-1-3-11(12)15/h1-7H,15H2,(H,16,17). The fourth-order valence-electron chi connectivity index (χ4n) is 1.69. The zero-order valence-electron chi connectivity index (χ0n) is 8.85. The van der Waals surface area contributed by atoms with E-state index in [0.717, 1.165) is 0 Å². The first-order valence-electron chi connectivity index (χ1n) is 4.97. The van der Waals surface area contributed by atoms with Crippen molar-refractivity contribution in [1.29, 1.82) is 0 Å². The topological polar surface area (TPSA) is 63.3 Å². The average Bonchev–Trinajstić information content (AvgIpc) is 2.30. The number of benzene rings is 2. The molecule has 0 fully saturated rings. The number of carboxylic acids is 1. The molecular formula is C13H10FNO2. The van der Waals surface area contributed by atoms with Crippen molar-refractivity contribution in [3.8, 4) is 11.1 Å². The molecule has 3 nitrogen and oxygen atoms in total. The number of nitrogen functional groups attached to an aromatic ring is 1. The van der Waals surface area contributed by atoms with E-state index in [4.69, 9.17) is 10.8 Å². The molecule has 4 heteroatoms. The predicted octanol–water partition coefficient (Wildman–Crippen LogP) is 2.77. The van der Waals surface area contributed by atoms with Crippen LogP contribution in [0.25, 0.3) is 11.1 Å². The summed E-state index contributed by atoms with van der Waals surface area (Å²) < 4.78 is 12.8.